The minimum Gasteiger partial charge on any atom is -0.467 e. The second kappa shape index (κ2) is 8.43. The second-order valence-corrected chi connectivity index (χ2v) is 9.04. The first-order valence-corrected chi connectivity index (χ1v) is 11.1. The second-order valence-electron chi connectivity index (χ2n) is 7.12. The molecule has 0 fully saturated rings. The van der Waals surface area contributed by atoms with E-state index in [4.69, 9.17) is 4.42 Å². The van der Waals surface area contributed by atoms with Gasteiger partial charge in [0, 0.05) is 17.3 Å². The summed E-state index contributed by atoms with van der Waals surface area (Å²) in [7, 11) is 0. The Labute approximate surface area is 172 Å². The van der Waals surface area contributed by atoms with Crippen LogP contribution in [-0.4, -0.2) is 23.2 Å². The normalized spacial score (nSPS) is 17.9. The van der Waals surface area contributed by atoms with E-state index in [9.17, 15) is 4.79 Å². The Kier molecular flexibility index (Phi) is 5.75. The van der Waals surface area contributed by atoms with Crippen molar-refractivity contribution in [2.45, 2.75) is 32.4 Å². The number of nitrogens with zero attached hydrogens (tertiary/aromatic N) is 2. The van der Waals surface area contributed by atoms with Gasteiger partial charge in [0.2, 0.25) is 0 Å². The summed E-state index contributed by atoms with van der Waals surface area (Å²) in [6.45, 7) is 4.56. The van der Waals surface area contributed by atoms with Gasteiger partial charge in [0.05, 0.1) is 23.4 Å². The molecule has 0 radical (unpaired) electrons. The van der Waals surface area contributed by atoms with Crippen LogP contribution in [0.5, 0.6) is 0 Å². The first-order chi connectivity index (χ1) is 13.6. The summed E-state index contributed by atoms with van der Waals surface area (Å²) in [6, 6.07) is 11.9. The van der Waals surface area contributed by atoms with Gasteiger partial charge in [-0.25, -0.2) is 5.01 Å². The van der Waals surface area contributed by atoms with Gasteiger partial charge in [0.15, 0.2) is 0 Å². The summed E-state index contributed by atoms with van der Waals surface area (Å²) in [5.41, 5.74) is 0.934. The molecule has 1 amide bonds. The van der Waals surface area contributed by atoms with E-state index in [0.717, 1.165) is 16.3 Å². The first-order valence-electron chi connectivity index (χ1n) is 9.37. The van der Waals surface area contributed by atoms with Crippen LogP contribution in [0.15, 0.2) is 62.9 Å². The number of carbonyl (C=O) groups excluding carboxylic acids is 1. The fraction of sp³-hybridized carbons (Fsp3) is 0.333. The Morgan fingerprint density at radius 3 is 2.71 bits per heavy atom. The molecular formula is C21H23N3O2S2. The highest BCUT2D eigenvalue weighted by Gasteiger charge is 2.35. The van der Waals surface area contributed by atoms with Crippen molar-refractivity contribution in [2.75, 3.05) is 6.54 Å². The fourth-order valence-corrected chi connectivity index (χ4v) is 5.14. The maximum absolute atomic E-state index is 13.1. The Morgan fingerprint density at radius 1 is 1.25 bits per heavy atom. The van der Waals surface area contributed by atoms with Crippen molar-refractivity contribution in [3.8, 4) is 0 Å². The molecule has 5 nitrogen and oxygen atoms in total. The average Bonchev–Trinajstić information content (AvgIpc) is 3.49. The fourth-order valence-electron chi connectivity index (χ4n) is 3.45. The zero-order valence-electron chi connectivity index (χ0n) is 15.9. The third kappa shape index (κ3) is 3.97. The Balaban J connectivity index is 1.51. The zero-order chi connectivity index (χ0) is 19.5. The van der Waals surface area contributed by atoms with Crippen LogP contribution in [0.2, 0.25) is 0 Å². The smallest absolute Gasteiger partial charge is 0.257 e. The molecule has 28 heavy (non-hydrogen) atoms. The van der Waals surface area contributed by atoms with E-state index in [1.807, 2.05) is 35.7 Å². The lowest BCUT2D eigenvalue weighted by molar-refractivity contribution is -0.132. The summed E-state index contributed by atoms with van der Waals surface area (Å²) >= 11 is 3.35. The summed E-state index contributed by atoms with van der Waals surface area (Å²) in [4.78, 5) is 15.4. The topological polar surface area (TPSA) is 57.8 Å². The lowest BCUT2D eigenvalue weighted by Crippen LogP contribution is -2.38. The first kappa shape index (κ1) is 19.1. The zero-order valence-corrected chi connectivity index (χ0v) is 17.5. The van der Waals surface area contributed by atoms with Gasteiger partial charge in [-0.3, -0.25) is 4.79 Å². The molecule has 3 aromatic heterocycles. The molecule has 0 spiro atoms. The van der Waals surface area contributed by atoms with Crippen LogP contribution in [0.25, 0.3) is 0 Å². The molecule has 4 rings (SSSR count). The number of hydrogen-bond acceptors (Lipinski definition) is 6. The van der Waals surface area contributed by atoms with Crippen LogP contribution in [-0.2, 0) is 4.79 Å². The maximum atomic E-state index is 13.1. The highest BCUT2D eigenvalue weighted by Crippen LogP contribution is 2.34. The molecule has 146 valence electrons. The van der Waals surface area contributed by atoms with E-state index < -0.39 is 0 Å². The van der Waals surface area contributed by atoms with Crippen molar-refractivity contribution in [3.05, 3.63) is 68.9 Å². The van der Waals surface area contributed by atoms with Crippen LogP contribution in [0.3, 0.4) is 0 Å². The van der Waals surface area contributed by atoms with Gasteiger partial charge in [-0.15, -0.1) is 22.7 Å². The predicted octanol–water partition coefficient (Wildman–Crippen LogP) is 5.07. The lowest BCUT2D eigenvalue weighted by Gasteiger charge is -2.24. The van der Waals surface area contributed by atoms with Crippen molar-refractivity contribution in [2.24, 2.45) is 11.0 Å². The van der Waals surface area contributed by atoms with Crippen molar-refractivity contribution in [1.29, 1.82) is 0 Å². The van der Waals surface area contributed by atoms with Gasteiger partial charge < -0.3 is 9.73 Å². The van der Waals surface area contributed by atoms with Gasteiger partial charge in [0.1, 0.15) is 11.8 Å². The van der Waals surface area contributed by atoms with Crippen LogP contribution in [0, 0.1) is 5.92 Å². The van der Waals surface area contributed by atoms with E-state index in [1.54, 1.807) is 33.9 Å². The minimum absolute atomic E-state index is 0.0461. The summed E-state index contributed by atoms with van der Waals surface area (Å²) in [5, 5.41) is 13.8. The molecule has 1 aliphatic rings. The number of hydrogen-bond donors (Lipinski definition) is 1. The maximum Gasteiger partial charge on any atom is 0.257 e. The molecule has 3 aromatic rings. The molecule has 0 saturated carbocycles. The van der Waals surface area contributed by atoms with Crippen LogP contribution in [0.4, 0.5) is 0 Å². The number of hydrazone groups is 1. The molecule has 7 heteroatoms. The number of carbonyl (C=O) groups is 1. The standard InChI is InChI=1S/C21H23N3O2S2/c1-14(2)21(19-8-5-11-28-19)22-13-20(25)24-16(17-6-3-9-26-17)12-15(23-24)18-7-4-10-27-18/h3-11,14,16,21-22H,12-13H2,1-2H3. The molecule has 0 bridgehead atoms. The largest absolute Gasteiger partial charge is 0.467 e. The van der Waals surface area contributed by atoms with Crippen LogP contribution in [0.1, 0.15) is 47.9 Å². The highest BCUT2D eigenvalue weighted by atomic mass is 32.1. The number of thiophene rings is 2. The Bertz CT molecular complexity index is 915. The third-order valence-corrected chi connectivity index (χ3v) is 6.71. The predicted molar refractivity (Wildman–Crippen MR) is 114 cm³/mol. The van der Waals surface area contributed by atoms with Gasteiger partial charge in [-0.05, 0) is 40.9 Å². The van der Waals surface area contributed by atoms with Crippen molar-refractivity contribution < 1.29 is 9.21 Å². The average molecular weight is 414 g/mol. The molecule has 2 atom stereocenters. The quantitative estimate of drug-likeness (QED) is 0.588. The summed E-state index contributed by atoms with van der Waals surface area (Å²) in [6.07, 6.45) is 2.31. The molecule has 0 aliphatic carbocycles. The highest BCUT2D eigenvalue weighted by molar-refractivity contribution is 7.12. The monoisotopic (exact) mass is 413 g/mol. The Hall–Kier alpha value is -2.22. The summed E-state index contributed by atoms with van der Waals surface area (Å²) in [5.74, 6) is 1.11. The number of amides is 1. The lowest BCUT2D eigenvalue weighted by atomic mass is 10.0. The number of nitrogens with one attached hydrogen (secondary N) is 1. The van der Waals surface area contributed by atoms with Crippen molar-refractivity contribution in [3.63, 3.8) is 0 Å². The molecule has 4 heterocycles. The van der Waals surface area contributed by atoms with E-state index in [1.165, 1.54) is 4.88 Å². The molecule has 1 aliphatic heterocycles. The minimum atomic E-state index is -0.194. The molecular weight excluding hydrogens is 390 g/mol. The molecule has 1 N–H and O–H groups in total. The molecule has 0 saturated heterocycles. The molecule has 2 unspecified atom stereocenters. The van der Waals surface area contributed by atoms with E-state index in [-0.39, 0.29) is 24.5 Å². The number of rotatable bonds is 7. The van der Waals surface area contributed by atoms with Crippen LogP contribution < -0.4 is 5.32 Å². The van der Waals surface area contributed by atoms with Crippen molar-refractivity contribution in [1.82, 2.24) is 10.3 Å². The van der Waals surface area contributed by atoms with Gasteiger partial charge >= 0.3 is 0 Å². The van der Waals surface area contributed by atoms with E-state index in [2.05, 4.69) is 35.7 Å². The summed E-state index contributed by atoms with van der Waals surface area (Å²) < 4.78 is 5.60. The van der Waals surface area contributed by atoms with E-state index in [0.29, 0.717) is 12.3 Å². The van der Waals surface area contributed by atoms with Crippen molar-refractivity contribution >= 4 is 34.3 Å². The van der Waals surface area contributed by atoms with E-state index >= 15 is 0 Å². The SMILES string of the molecule is CC(C)C(NCC(=O)N1N=C(c2cccs2)CC1c1ccco1)c1cccs1. The third-order valence-electron chi connectivity index (χ3n) is 4.83. The van der Waals surface area contributed by atoms with Crippen LogP contribution >= 0.6 is 22.7 Å². The van der Waals surface area contributed by atoms with Gasteiger partial charge in [-0.1, -0.05) is 26.0 Å². The van der Waals surface area contributed by atoms with Gasteiger partial charge in [-0.2, -0.15) is 5.10 Å². The van der Waals surface area contributed by atoms with Gasteiger partial charge in [0.25, 0.3) is 5.91 Å². The number of furan rings is 1. The Morgan fingerprint density at radius 2 is 2.07 bits per heavy atom. The molecule has 0 aromatic carbocycles.